The Balaban J connectivity index is 1.99. The molecule has 17 heavy (non-hydrogen) atoms. The lowest BCUT2D eigenvalue weighted by Gasteiger charge is -2.26. The highest BCUT2D eigenvalue weighted by atomic mass is 16.5. The first-order valence-corrected chi connectivity index (χ1v) is 6.09. The molecule has 96 valence electrons. The summed E-state index contributed by atoms with van der Waals surface area (Å²) in [5, 5.41) is 7.35. The summed E-state index contributed by atoms with van der Waals surface area (Å²) in [4.78, 5) is 4.38. The minimum absolute atomic E-state index is 0.0419. The van der Waals surface area contributed by atoms with Gasteiger partial charge in [-0.3, -0.25) is 0 Å². The predicted octanol–water partition coefficient (Wildman–Crippen LogP) is 2.06. The van der Waals surface area contributed by atoms with Crippen molar-refractivity contribution in [1.29, 1.82) is 0 Å². The van der Waals surface area contributed by atoms with Gasteiger partial charge in [-0.2, -0.15) is 4.98 Å². The fraction of sp³-hybridized carbons (Fsp3) is 0.833. The summed E-state index contributed by atoms with van der Waals surface area (Å²) < 4.78 is 10.7. The normalized spacial score (nSPS) is 18.4. The van der Waals surface area contributed by atoms with E-state index in [9.17, 15) is 0 Å². The Kier molecular flexibility index (Phi) is 3.49. The van der Waals surface area contributed by atoms with Gasteiger partial charge in [0.25, 0.3) is 0 Å². The monoisotopic (exact) mass is 239 g/mol. The Morgan fingerprint density at radius 2 is 2.18 bits per heavy atom. The van der Waals surface area contributed by atoms with Crippen LogP contribution in [-0.4, -0.2) is 23.3 Å². The van der Waals surface area contributed by atoms with E-state index in [2.05, 4.69) is 36.2 Å². The standard InChI is InChI=1S/C12H21N3O2/c1-12(2,3)10(16-4)11-14-9(17-15-11)7-13-8-5-6-8/h8,10,13H,5-7H2,1-4H3. The van der Waals surface area contributed by atoms with Crippen LogP contribution < -0.4 is 5.32 Å². The van der Waals surface area contributed by atoms with Crippen molar-refractivity contribution >= 4 is 0 Å². The van der Waals surface area contributed by atoms with Crippen LogP contribution in [0.4, 0.5) is 0 Å². The van der Waals surface area contributed by atoms with Gasteiger partial charge >= 0.3 is 0 Å². The molecule has 5 heteroatoms. The molecule has 5 nitrogen and oxygen atoms in total. The lowest BCUT2D eigenvalue weighted by atomic mass is 9.88. The molecular formula is C12H21N3O2. The van der Waals surface area contributed by atoms with E-state index in [0.29, 0.717) is 24.3 Å². The third-order valence-electron chi connectivity index (χ3n) is 2.86. The number of hydrogen-bond acceptors (Lipinski definition) is 5. The first kappa shape index (κ1) is 12.5. The molecule has 1 aliphatic carbocycles. The van der Waals surface area contributed by atoms with Crippen LogP contribution in [0.15, 0.2) is 4.52 Å². The first-order valence-electron chi connectivity index (χ1n) is 6.09. The Bertz CT molecular complexity index is 366. The topological polar surface area (TPSA) is 60.2 Å². The molecule has 0 radical (unpaired) electrons. The molecular weight excluding hydrogens is 218 g/mol. The summed E-state index contributed by atoms with van der Waals surface area (Å²) in [5.41, 5.74) is -0.0419. The molecule has 0 bridgehead atoms. The number of nitrogens with one attached hydrogen (secondary N) is 1. The molecule has 1 saturated carbocycles. The molecule has 1 unspecified atom stereocenters. The number of hydrogen-bond donors (Lipinski definition) is 1. The highest BCUT2D eigenvalue weighted by Gasteiger charge is 2.30. The molecule has 1 aromatic rings. The van der Waals surface area contributed by atoms with Gasteiger partial charge in [0, 0.05) is 13.2 Å². The first-order chi connectivity index (χ1) is 8.00. The summed E-state index contributed by atoms with van der Waals surface area (Å²) in [7, 11) is 1.67. The van der Waals surface area contributed by atoms with E-state index >= 15 is 0 Å². The van der Waals surface area contributed by atoms with Crippen molar-refractivity contribution in [2.75, 3.05) is 7.11 Å². The maximum Gasteiger partial charge on any atom is 0.240 e. The van der Waals surface area contributed by atoms with Crippen molar-refractivity contribution in [2.24, 2.45) is 5.41 Å². The zero-order chi connectivity index (χ0) is 12.5. The Morgan fingerprint density at radius 3 is 2.71 bits per heavy atom. The van der Waals surface area contributed by atoms with Crippen LogP contribution in [0, 0.1) is 5.41 Å². The van der Waals surface area contributed by atoms with Crippen LogP contribution >= 0.6 is 0 Å². The number of ether oxygens (including phenoxy) is 1. The summed E-state index contributed by atoms with van der Waals surface area (Å²) in [6, 6.07) is 0.645. The second kappa shape index (κ2) is 4.74. The maximum absolute atomic E-state index is 5.45. The van der Waals surface area contributed by atoms with Gasteiger partial charge in [0.05, 0.1) is 6.54 Å². The summed E-state index contributed by atoms with van der Waals surface area (Å²) in [6.07, 6.45) is 2.37. The van der Waals surface area contributed by atoms with Crippen LogP contribution in [0.3, 0.4) is 0 Å². The predicted molar refractivity (Wildman–Crippen MR) is 63.4 cm³/mol. The zero-order valence-corrected chi connectivity index (χ0v) is 11.0. The number of nitrogens with zero attached hydrogens (tertiary/aromatic N) is 2. The van der Waals surface area contributed by atoms with Gasteiger partial charge in [-0.1, -0.05) is 25.9 Å². The molecule has 1 heterocycles. The van der Waals surface area contributed by atoms with Crippen molar-refractivity contribution in [3.63, 3.8) is 0 Å². The van der Waals surface area contributed by atoms with Gasteiger partial charge in [-0.25, -0.2) is 0 Å². The van der Waals surface area contributed by atoms with E-state index in [1.807, 2.05) is 0 Å². The van der Waals surface area contributed by atoms with Crippen molar-refractivity contribution in [2.45, 2.75) is 52.3 Å². The Labute approximate surface area is 102 Å². The van der Waals surface area contributed by atoms with E-state index < -0.39 is 0 Å². The third kappa shape index (κ3) is 3.26. The van der Waals surface area contributed by atoms with Gasteiger partial charge in [0.1, 0.15) is 6.10 Å². The molecule has 0 aromatic carbocycles. The molecule has 0 spiro atoms. The molecule has 1 aliphatic rings. The highest BCUT2D eigenvalue weighted by molar-refractivity contribution is 4.96. The Morgan fingerprint density at radius 1 is 1.47 bits per heavy atom. The van der Waals surface area contributed by atoms with E-state index in [0.717, 1.165) is 0 Å². The molecule has 0 saturated heterocycles. The van der Waals surface area contributed by atoms with Gasteiger partial charge in [-0.15, -0.1) is 0 Å². The van der Waals surface area contributed by atoms with Gasteiger partial charge in [0.15, 0.2) is 0 Å². The second-order valence-corrected chi connectivity index (χ2v) is 5.68. The van der Waals surface area contributed by atoms with Crippen molar-refractivity contribution in [3.8, 4) is 0 Å². The van der Waals surface area contributed by atoms with Crippen molar-refractivity contribution in [1.82, 2.24) is 15.5 Å². The largest absolute Gasteiger partial charge is 0.373 e. The average Bonchev–Trinajstić information content (AvgIpc) is 2.95. The van der Waals surface area contributed by atoms with Gasteiger partial charge in [0.2, 0.25) is 11.7 Å². The number of methoxy groups -OCH3 is 1. The second-order valence-electron chi connectivity index (χ2n) is 5.68. The van der Waals surface area contributed by atoms with Crippen LogP contribution in [0.25, 0.3) is 0 Å². The van der Waals surface area contributed by atoms with Crippen LogP contribution in [0.2, 0.25) is 0 Å². The minimum atomic E-state index is -0.138. The molecule has 1 aromatic heterocycles. The Hall–Kier alpha value is -0.940. The molecule has 1 N–H and O–H groups in total. The number of aromatic nitrogens is 2. The van der Waals surface area contributed by atoms with Gasteiger partial charge < -0.3 is 14.6 Å². The fourth-order valence-corrected chi connectivity index (χ4v) is 1.81. The summed E-state index contributed by atoms with van der Waals surface area (Å²) >= 11 is 0. The smallest absolute Gasteiger partial charge is 0.240 e. The molecule has 2 rings (SSSR count). The summed E-state index contributed by atoms with van der Waals surface area (Å²) in [5.74, 6) is 1.27. The van der Waals surface area contributed by atoms with E-state index in [1.165, 1.54) is 12.8 Å². The zero-order valence-electron chi connectivity index (χ0n) is 11.0. The lowest BCUT2D eigenvalue weighted by molar-refractivity contribution is 0.00718. The van der Waals surface area contributed by atoms with E-state index in [-0.39, 0.29) is 11.5 Å². The SMILES string of the molecule is COC(c1noc(CNC2CC2)n1)C(C)(C)C. The fourth-order valence-electron chi connectivity index (χ4n) is 1.81. The van der Waals surface area contributed by atoms with E-state index in [1.54, 1.807) is 7.11 Å². The summed E-state index contributed by atoms with van der Waals surface area (Å²) in [6.45, 7) is 6.94. The van der Waals surface area contributed by atoms with Crippen LogP contribution in [0.5, 0.6) is 0 Å². The van der Waals surface area contributed by atoms with Crippen molar-refractivity contribution < 1.29 is 9.26 Å². The van der Waals surface area contributed by atoms with Crippen LogP contribution in [0.1, 0.15) is 51.4 Å². The molecule has 0 amide bonds. The molecule has 0 aliphatic heterocycles. The van der Waals surface area contributed by atoms with Crippen molar-refractivity contribution in [3.05, 3.63) is 11.7 Å². The average molecular weight is 239 g/mol. The number of rotatable bonds is 5. The maximum atomic E-state index is 5.45. The van der Waals surface area contributed by atoms with Gasteiger partial charge in [-0.05, 0) is 18.3 Å². The molecule has 1 atom stereocenters. The minimum Gasteiger partial charge on any atom is -0.373 e. The van der Waals surface area contributed by atoms with Crippen LogP contribution in [-0.2, 0) is 11.3 Å². The highest BCUT2D eigenvalue weighted by Crippen LogP contribution is 2.33. The third-order valence-corrected chi connectivity index (χ3v) is 2.86. The molecule has 1 fully saturated rings. The lowest BCUT2D eigenvalue weighted by Crippen LogP contribution is -2.21. The quantitative estimate of drug-likeness (QED) is 0.852. The van der Waals surface area contributed by atoms with E-state index in [4.69, 9.17) is 9.26 Å².